The Morgan fingerprint density at radius 2 is 2.04 bits per heavy atom. The van der Waals surface area contributed by atoms with Crippen molar-refractivity contribution in [1.29, 1.82) is 0 Å². The van der Waals surface area contributed by atoms with Gasteiger partial charge in [0.05, 0.1) is 29.9 Å². The Morgan fingerprint density at radius 3 is 2.77 bits per heavy atom. The first-order valence-electron chi connectivity index (χ1n) is 8.66. The van der Waals surface area contributed by atoms with E-state index in [2.05, 4.69) is 16.5 Å². The number of rotatable bonds is 8. The van der Waals surface area contributed by atoms with Crippen molar-refractivity contribution in [1.82, 2.24) is 9.55 Å². The smallest absolute Gasteiger partial charge is 0.226 e. The van der Waals surface area contributed by atoms with Crippen LogP contribution in [0.1, 0.15) is 19.2 Å². The van der Waals surface area contributed by atoms with Crippen LogP contribution in [0.4, 0.5) is 0 Å². The van der Waals surface area contributed by atoms with Gasteiger partial charge >= 0.3 is 0 Å². The Hall–Kier alpha value is -2.19. The molecule has 0 aliphatic carbocycles. The molecule has 140 valence electrons. The van der Waals surface area contributed by atoms with Crippen LogP contribution < -0.4 is 4.73 Å². The Kier molecular flexibility index (Phi) is 5.43. The molecule has 2 heterocycles. The van der Waals surface area contributed by atoms with Gasteiger partial charge in [-0.3, -0.25) is 0 Å². The van der Waals surface area contributed by atoms with Crippen molar-refractivity contribution in [3.05, 3.63) is 41.5 Å². The Morgan fingerprint density at radius 1 is 1.27 bits per heavy atom. The number of sulfone groups is 1. The number of hydrogen-bond donors (Lipinski definition) is 0. The van der Waals surface area contributed by atoms with Crippen molar-refractivity contribution in [2.24, 2.45) is 0 Å². The number of nitrogens with zero attached hydrogens (tertiary/aromatic N) is 3. The predicted molar refractivity (Wildman–Crippen MR) is 101 cm³/mol. The summed E-state index contributed by atoms with van der Waals surface area (Å²) in [6, 6.07) is 7.46. The van der Waals surface area contributed by atoms with Gasteiger partial charge in [0.25, 0.3) is 0 Å². The summed E-state index contributed by atoms with van der Waals surface area (Å²) in [6.45, 7) is 3.20. The molecule has 0 aliphatic heterocycles. The van der Waals surface area contributed by atoms with Crippen LogP contribution in [0, 0.1) is 5.21 Å². The van der Waals surface area contributed by atoms with Gasteiger partial charge in [-0.25, -0.2) is 13.4 Å². The van der Waals surface area contributed by atoms with Crippen LogP contribution in [-0.2, 0) is 27.5 Å². The molecule has 0 saturated carbocycles. The molecule has 8 heteroatoms. The number of aryl methyl sites for hydroxylation is 1. The van der Waals surface area contributed by atoms with E-state index in [1.54, 1.807) is 6.07 Å². The zero-order chi connectivity index (χ0) is 18.7. The van der Waals surface area contributed by atoms with Crippen LogP contribution >= 0.6 is 0 Å². The normalized spacial score (nSPS) is 12.2. The monoisotopic (exact) mass is 377 g/mol. The number of imidazole rings is 1. The fourth-order valence-electron chi connectivity index (χ4n) is 3.06. The molecule has 0 amide bonds. The van der Waals surface area contributed by atoms with Crippen LogP contribution in [0.5, 0.6) is 0 Å². The van der Waals surface area contributed by atoms with E-state index >= 15 is 0 Å². The summed E-state index contributed by atoms with van der Waals surface area (Å²) in [5, 5.41) is 13.1. The van der Waals surface area contributed by atoms with E-state index < -0.39 is 9.84 Å². The summed E-state index contributed by atoms with van der Waals surface area (Å²) in [4.78, 5) is 4.64. The fraction of sp³-hybridized carbons (Fsp3) is 0.444. The highest BCUT2D eigenvalue weighted by atomic mass is 32.2. The highest BCUT2D eigenvalue weighted by molar-refractivity contribution is 7.90. The molecule has 0 fully saturated rings. The van der Waals surface area contributed by atoms with Crippen LogP contribution in [0.25, 0.3) is 21.9 Å². The molecule has 26 heavy (non-hydrogen) atoms. The maximum atomic E-state index is 12.3. The molecule has 0 saturated heterocycles. The lowest BCUT2D eigenvalue weighted by Gasteiger charge is -2.11. The topological polar surface area (TPSA) is 88.1 Å². The van der Waals surface area contributed by atoms with Gasteiger partial charge in [0.15, 0.2) is 5.52 Å². The SMILES string of the molecule is CCCc1nc2c[n+]([O-])c3ccccc3c2n1CCOCCS(C)(=O)=O. The van der Waals surface area contributed by atoms with Crippen molar-refractivity contribution < 1.29 is 17.9 Å². The Bertz CT molecular complexity index is 1030. The largest absolute Gasteiger partial charge is 0.618 e. The molecule has 0 spiro atoms. The lowest BCUT2D eigenvalue weighted by atomic mass is 10.2. The van der Waals surface area contributed by atoms with E-state index in [-0.39, 0.29) is 12.4 Å². The number of hydrogen-bond acceptors (Lipinski definition) is 5. The zero-order valence-corrected chi connectivity index (χ0v) is 15.8. The molecule has 7 nitrogen and oxygen atoms in total. The molecule has 3 rings (SSSR count). The van der Waals surface area contributed by atoms with Crippen molar-refractivity contribution in [2.75, 3.05) is 25.2 Å². The van der Waals surface area contributed by atoms with E-state index in [0.29, 0.717) is 24.2 Å². The lowest BCUT2D eigenvalue weighted by Crippen LogP contribution is -2.26. The summed E-state index contributed by atoms with van der Waals surface area (Å²) in [6.07, 6.45) is 4.44. The number of benzene rings is 1. The third-order valence-electron chi connectivity index (χ3n) is 4.24. The van der Waals surface area contributed by atoms with Crippen molar-refractivity contribution >= 4 is 31.8 Å². The minimum Gasteiger partial charge on any atom is -0.618 e. The van der Waals surface area contributed by atoms with Gasteiger partial charge in [-0.1, -0.05) is 19.1 Å². The summed E-state index contributed by atoms with van der Waals surface area (Å²) in [5.41, 5.74) is 2.18. The summed E-state index contributed by atoms with van der Waals surface area (Å²) < 4.78 is 30.8. The standard InChI is InChI=1S/C18H23N3O4S/c1-3-6-17-19-15-13-21(22)16-8-5-4-7-14(16)18(15)20(17)9-10-25-11-12-26(2,23)24/h4-5,7-8,13H,3,6,9-12H2,1-2H3. The molecular formula is C18H23N3O4S. The summed E-state index contributed by atoms with van der Waals surface area (Å²) in [7, 11) is -3.03. The quantitative estimate of drug-likeness (QED) is 0.339. The maximum Gasteiger partial charge on any atom is 0.226 e. The second-order valence-electron chi connectivity index (χ2n) is 6.38. The van der Waals surface area contributed by atoms with Gasteiger partial charge in [0, 0.05) is 25.3 Å². The van der Waals surface area contributed by atoms with Gasteiger partial charge in [-0.2, -0.15) is 4.73 Å². The molecular weight excluding hydrogens is 354 g/mol. The Balaban J connectivity index is 1.94. The van der Waals surface area contributed by atoms with Gasteiger partial charge in [0.1, 0.15) is 15.7 Å². The number of pyridine rings is 1. The van der Waals surface area contributed by atoms with Crippen LogP contribution in [0.15, 0.2) is 30.5 Å². The van der Waals surface area contributed by atoms with Gasteiger partial charge in [-0.05, 0) is 12.5 Å². The first kappa shape index (κ1) is 18.6. The van der Waals surface area contributed by atoms with E-state index in [0.717, 1.165) is 34.3 Å². The predicted octanol–water partition coefficient (Wildman–Crippen LogP) is 1.84. The van der Waals surface area contributed by atoms with Crippen molar-refractivity contribution in [3.8, 4) is 0 Å². The summed E-state index contributed by atoms with van der Waals surface area (Å²) in [5.74, 6) is 0.920. The average Bonchev–Trinajstić information content (AvgIpc) is 2.91. The third kappa shape index (κ3) is 3.96. The van der Waals surface area contributed by atoms with Crippen LogP contribution in [-0.4, -0.2) is 43.2 Å². The second-order valence-corrected chi connectivity index (χ2v) is 8.64. The summed E-state index contributed by atoms with van der Waals surface area (Å²) >= 11 is 0. The first-order chi connectivity index (χ1) is 12.4. The second kappa shape index (κ2) is 7.59. The number of para-hydroxylation sites is 1. The molecule has 0 aliphatic rings. The highest BCUT2D eigenvalue weighted by Crippen LogP contribution is 2.24. The van der Waals surface area contributed by atoms with Gasteiger partial charge in [-0.15, -0.1) is 0 Å². The zero-order valence-electron chi connectivity index (χ0n) is 15.0. The molecule has 2 aromatic heterocycles. The number of ether oxygens (including phenoxy) is 1. The molecule has 0 N–H and O–H groups in total. The molecule has 0 unspecified atom stereocenters. The fourth-order valence-corrected chi connectivity index (χ4v) is 3.48. The van der Waals surface area contributed by atoms with E-state index in [9.17, 15) is 13.6 Å². The van der Waals surface area contributed by atoms with E-state index in [1.807, 2.05) is 18.2 Å². The Labute approximate surface area is 152 Å². The number of aromatic nitrogens is 3. The maximum absolute atomic E-state index is 12.3. The van der Waals surface area contributed by atoms with Gasteiger partial charge in [0.2, 0.25) is 11.7 Å². The highest BCUT2D eigenvalue weighted by Gasteiger charge is 2.18. The van der Waals surface area contributed by atoms with Gasteiger partial charge < -0.3 is 14.5 Å². The average molecular weight is 377 g/mol. The van der Waals surface area contributed by atoms with Crippen LogP contribution in [0.3, 0.4) is 0 Å². The molecule has 1 aromatic carbocycles. The van der Waals surface area contributed by atoms with E-state index in [1.165, 1.54) is 12.5 Å². The van der Waals surface area contributed by atoms with Crippen molar-refractivity contribution in [3.63, 3.8) is 0 Å². The lowest BCUT2D eigenvalue weighted by molar-refractivity contribution is -0.575. The first-order valence-corrected chi connectivity index (χ1v) is 10.7. The molecule has 3 aromatic rings. The minimum absolute atomic E-state index is 0.0125. The van der Waals surface area contributed by atoms with Crippen LogP contribution in [0.2, 0.25) is 0 Å². The van der Waals surface area contributed by atoms with Crippen molar-refractivity contribution in [2.45, 2.75) is 26.3 Å². The number of fused-ring (bicyclic) bond motifs is 3. The molecule has 0 bridgehead atoms. The third-order valence-corrected chi connectivity index (χ3v) is 5.15. The van der Waals surface area contributed by atoms with E-state index in [4.69, 9.17) is 4.74 Å². The minimum atomic E-state index is -3.03. The molecule has 0 radical (unpaired) electrons. The molecule has 0 atom stereocenters.